The molecule has 0 radical (unpaired) electrons. The molecule has 24 heavy (non-hydrogen) atoms. The van der Waals surface area contributed by atoms with E-state index in [0.29, 0.717) is 11.3 Å². The Labute approximate surface area is 149 Å². The number of rotatable bonds is 6. The molecule has 5 heteroatoms. The van der Waals surface area contributed by atoms with Crippen molar-refractivity contribution in [3.05, 3.63) is 63.6 Å². The smallest absolute Gasteiger partial charge is 0.310 e. The van der Waals surface area contributed by atoms with Crippen molar-refractivity contribution in [2.75, 3.05) is 7.11 Å². The summed E-state index contributed by atoms with van der Waals surface area (Å²) >= 11 is 3.38. The summed E-state index contributed by atoms with van der Waals surface area (Å²) in [4.78, 5) is 24.3. The number of ketones is 1. The van der Waals surface area contributed by atoms with E-state index in [-0.39, 0.29) is 12.2 Å². The molecular weight excluding hydrogens is 372 g/mol. The van der Waals surface area contributed by atoms with E-state index in [1.54, 1.807) is 44.4 Å². The zero-order valence-corrected chi connectivity index (χ0v) is 15.4. The topological polar surface area (TPSA) is 52.6 Å². The summed E-state index contributed by atoms with van der Waals surface area (Å²) in [7, 11) is 1.58. The molecule has 0 N–H and O–H groups in total. The standard InChI is InChI=1S/C19H19BrO4/c1-12-4-7-15(8-5-12)19(22)13(2)24-18(21)11-14-6-9-17(23-3)16(20)10-14/h4-10,13H,11H2,1-3H3/t13-/m1/s1. The Bertz CT molecular complexity index is 738. The number of hydrogen-bond acceptors (Lipinski definition) is 4. The number of carbonyl (C=O) groups is 2. The van der Waals surface area contributed by atoms with Crippen molar-refractivity contribution in [1.29, 1.82) is 0 Å². The molecule has 2 aromatic rings. The highest BCUT2D eigenvalue weighted by Crippen LogP contribution is 2.25. The lowest BCUT2D eigenvalue weighted by molar-refractivity contribution is -0.145. The number of hydrogen-bond donors (Lipinski definition) is 0. The fraction of sp³-hybridized carbons (Fsp3) is 0.263. The zero-order valence-electron chi connectivity index (χ0n) is 13.8. The second-order valence-corrected chi connectivity index (χ2v) is 6.36. The van der Waals surface area contributed by atoms with Gasteiger partial charge in [0.05, 0.1) is 18.0 Å². The summed E-state index contributed by atoms with van der Waals surface area (Å²) < 4.78 is 11.2. The maximum absolute atomic E-state index is 12.3. The number of methoxy groups -OCH3 is 1. The molecule has 0 fully saturated rings. The first-order chi connectivity index (χ1) is 11.4. The van der Waals surface area contributed by atoms with Crippen molar-refractivity contribution in [1.82, 2.24) is 0 Å². The van der Waals surface area contributed by atoms with Gasteiger partial charge in [-0.3, -0.25) is 9.59 Å². The minimum absolute atomic E-state index is 0.0914. The minimum atomic E-state index is -0.818. The number of Topliss-reactive ketones (excluding diaryl/α,β-unsaturated/α-hetero) is 1. The van der Waals surface area contributed by atoms with Crippen LogP contribution in [0.3, 0.4) is 0 Å². The maximum Gasteiger partial charge on any atom is 0.310 e. The summed E-state index contributed by atoms with van der Waals surface area (Å²) in [5.41, 5.74) is 2.39. The van der Waals surface area contributed by atoms with Crippen molar-refractivity contribution in [2.45, 2.75) is 26.4 Å². The number of halogens is 1. The number of esters is 1. The van der Waals surface area contributed by atoms with Crippen LogP contribution in [0.25, 0.3) is 0 Å². The van der Waals surface area contributed by atoms with Crippen LogP contribution in [0.15, 0.2) is 46.9 Å². The molecule has 0 unspecified atom stereocenters. The fourth-order valence-electron chi connectivity index (χ4n) is 2.23. The number of carbonyl (C=O) groups excluding carboxylic acids is 2. The molecular formula is C19H19BrO4. The lowest BCUT2D eigenvalue weighted by Crippen LogP contribution is -2.25. The normalized spacial score (nSPS) is 11.7. The van der Waals surface area contributed by atoms with Gasteiger partial charge in [-0.25, -0.2) is 0 Å². The Kier molecular flexibility index (Phi) is 6.15. The van der Waals surface area contributed by atoms with Crippen molar-refractivity contribution < 1.29 is 19.1 Å². The molecule has 0 saturated carbocycles. The summed E-state index contributed by atoms with van der Waals surface area (Å²) in [5.74, 6) is 0.0364. The Morgan fingerprint density at radius 3 is 2.38 bits per heavy atom. The molecule has 1 atom stereocenters. The fourth-order valence-corrected chi connectivity index (χ4v) is 2.82. The van der Waals surface area contributed by atoms with E-state index in [1.807, 2.05) is 19.1 Å². The van der Waals surface area contributed by atoms with Crippen LogP contribution in [0.2, 0.25) is 0 Å². The molecule has 2 aromatic carbocycles. The lowest BCUT2D eigenvalue weighted by Gasteiger charge is -2.13. The lowest BCUT2D eigenvalue weighted by atomic mass is 10.1. The van der Waals surface area contributed by atoms with Crippen LogP contribution in [0.5, 0.6) is 5.75 Å². The molecule has 4 nitrogen and oxygen atoms in total. The molecule has 126 valence electrons. The molecule has 0 aliphatic carbocycles. The zero-order chi connectivity index (χ0) is 17.7. The van der Waals surface area contributed by atoms with E-state index in [2.05, 4.69) is 15.9 Å². The Hall–Kier alpha value is -2.14. The van der Waals surface area contributed by atoms with Gasteiger partial charge in [-0.15, -0.1) is 0 Å². The summed E-state index contributed by atoms with van der Waals surface area (Å²) in [5, 5.41) is 0. The maximum atomic E-state index is 12.3. The molecule has 0 aliphatic heterocycles. The second kappa shape index (κ2) is 8.11. The van der Waals surface area contributed by atoms with Crippen LogP contribution in [-0.2, 0) is 16.0 Å². The van der Waals surface area contributed by atoms with Crippen LogP contribution in [-0.4, -0.2) is 25.0 Å². The molecule has 0 spiro atoms. The average molecular weight is 391 g/mol. The highest BCUT2D eigenvalue weighted by Gasteiger charge is 2.19. The van der Waals surface area contributed by atoms with Crippen LogP contribution < -0.4 is 4.74 Å². The molecule has 0 saturated heterocycles. The van der Waals surface area contributed by atoms with E-state index in [1.165, 1.54) is 0 Å². The number of benzene rings is 2. The van der Waals surface area contributed by atoms with E-state index in [0.717, 1.165) is 15.6 Å². The van der Waals surface area contributed by atoms with Crippen LogP contribution >= 0.6 is 15.9 Å². The van der Waals surface area contributed by atoms with E-state index in [9.17, 15) is 9.59 Å². The first kappa shape index (κ1) is 18.2. The third-order valence-corrected chi connectivity index (χ3v) is 4.20. The van der Waals surface area contributed by atoms with Crippen LogP contribution in [0.4, 0.5) is 0 Å². The summed E-state index contributed by atoms with van der Waals surface area (Å²) in [6, 6.07) is 12.6. The molecule has 2 rings (SSSR count). The third-order valence-electron chi connectivity index (χ3n) is 3.58. The Morgan fingerprint density at radius 2 is 1.79 bits per heavy atom. The highest BCUT2D eigenvalue weighted by molar-refractivity contribution is 9.10. The van der Waals surface area contributed by atoms with Gasteiger partial charge in [0.15, 0.2) is 6.10 Å². The van der Waals surface area contributed by atoms with Gasteiger partial charge in [-0.2, -0.15) is 0 Å². The quantitative estimate of drug-likeness (QED) is 0.549. The number of aryl methyl sites for hydroxylation is 1. The van der Waals surface area contributed by atoms with Gasteiger partial charge in [-0.05, 0) is 47.5 Å². The summed E-state index contributed by atoms with van der Waals surface area (Å²) in [6.45, 7) is 3.54. The van der Waals surface area contributed by atoms with Crippen molar-refractivity contribution >= 4 is 27.7 Å². The summed E-state index contributed by atoms with van der Waals surface area (Å²) in [6.07, 6.45) is -0.726. The first-order valence-corrected chi connectivity index (χ1v) is 8.32. The predicted octanol–water partition coefficient (Wildman–Crippen LogP) is 4.12. The van der Waals surface area contributed by atoms with Crippen LogP contribution in [0, 0.1) is 6.92 Å². The SMILES string of the molecule is COc1ccc(CC(=O)O[C@H](C)C(=O)c2ccc(C)cc2)cc1Br. The molecule has 0 aromatic heterocycles. The first-order valence-electron chi connectivity index (χ1n) is 7.53. The molecule has 0 amide bonds. The third kappa shape index (κ3) is 4.68. The average Bonchev–Trinajstić information content (AvgIpc) is 2.55. The van der Waals surface area contributed by atoms with E-state index >= 15 is 0 Å². The predicted molar refractivity (Wildman–Crippen MR) is 95.5 cm³/mol. The van der Waals surface area contributed by atoms with Gasteiger partial charge in [0.2, 0.25) is 5.78 Å². The Morgan fingerprint density at radius 1 is 1.12 bits per heavy atom. The van der Waals surface area contributed by atoms with Crippen molar-refractivity contribution in [3.63, 3.8) is 0 Å². The Balaban J connectivity index is 1.97. The highest BCUT2D eigenvalue weighted by atomic mass is 79.9. The van der Waals surface area contributed by atoms with Gasteiger partial charge in [-0.1, -0.05) is 35.9 Å². The number of ether oxygens (including phenoxy) is 2. The van der Waals surface area contributed by atoms with Gasteiger partial charge in [0, 0.05) is 5.56 Å². The molecule has 0 heterocycles. The van der Waals surface area contributed by atoms with Gasteiger partial charge in [0.1, 0.15) is 5.75 Å². The van der Waals surface area contributed by atoms with Gasteiger partial charge >= 0.3 is 5.97 Å². The van der Waals surface area contributed by atoms with Gasteiger partial charge < -0.3 is 9.47 Å². The second-order valence-electron chi connectivity index (χ2n) is 5.51. The molecule has 0 aliphatic rings. The van der Waals surface area contributed by atoms with Crippen molar-refractivity contribution in [3.8, 4) is 5.75 Å². The van der Waals surface area contributed by atoms with Crippen molar-refractivity contribution in [2.24, 2.45) is 0 Å². The largest absolute Gasteiger partial charge is 0.496 e. The van der Waals surface area contributed by atoms with E-state index < -0.39 is 12.1 Å². The van der Waals surface area contributed by atoms with Crippen LogP contribution in [0.1, 0.15) is 28.4 Å². The van der Waals surface area contributed by atoms with Gasteiger partial charge in [0.25, 0.3) is 0 Å². The van der Waals surface area contributed by atoms with E-state index in [4.69, 9.17) is 9.47 Å². The molecule has 0 bridgehead atoms. The minimum Gasteiger partial charge on any atom is -0.496 e. The monoisotopic (exact) mass is 390 g/mol.